The average Bonchev–Trinajstić information content (AvgIpc) is 2.87. The molecule has 0 saturated carbocycles. The summed E-state index contributed by atoms with van der Waals surface area (Å²) >= 11 is 0. The van der Waals surface area contributed by atoms with Gasteiger partial charge in [0.15, 0.2) is 0 Å². The molecule has 0 unspecified atom stereocenters. The van der Waals surface area contributed by atoms with Gasteiger partial charge in [0.2, 0.25) is 0 Å². The van der Waals surface area contributed by atoms with Crippen LogP contribution in [-0.2, 0) is 16.2 Å². The van der Waals surface area contributed by atoms with Crippen LogP contribution in [0.3, 0.4) is 0 Å². The van der Waals surface area contributed by atoms with E-state index in [0.29, 0.717) is 0 Å². The molecule has 0 atom stereocenters. The molecule has 0 aliphatic heterocycles. The van der Waals surface area contributed by atoms with Crippen LogP contribution in [0.1, 0.15) is 95.7 Å². The van der Waals surface area contributed by atoms with Crippen molar-refractivity contribution >= 4 is 26.8 Å². The molecule has 0 aliphatic carbocycles. The zero-order valence-corrected chi connectivity index (χ0v) is 26.6. The second-order valence-corrected chi connectivity index (χ2v) is 14.1. The van der Waals surface area contributed by atoms with E-state index in [1.807, 2.05) is 54.6 Å². The van der Waals surface area contributed by atoms with Crippen LogP contribution >= 0.6 is 8.60 Å². The first-order valence-electron chi connectivity index (χ1n) is 13.7. The van der Waals surface area contributed by atoms with Crippen LogP contribution in [-0.4, -0.2) is 0 Å². The Kier molecular flexibility index (Phi) is 9.42. The fraction of sp³-hybridized carbons (Fsp3) is 0.333. The van der Waals surface area contributed by atoms with Crippen LogP contribution in [0.4, 0.5) is 0 Å². The van der Waals surface area contributed by atoms with Crippen molar-refractivity contribution in [1.29, 1.82) is 0 Å². The van der Waals surface area contributed by atoms with E-state index in [4.69, 9.17) is 13.6 Å². The van der Waals surface area contributed by atoms with E-state index in [2.05, 4.69) is 100 Å². The molecule has 4 heteroatoms. The first kappa shape index (κ1) is 31.2. The highest BCUT2D eigenvalue weighted by molar-refractivity contribution is 7.43. The summed E-state index contributed by atoms with van der Waals surface area (Å²) in [4.78, 5) is 0. The van der Waals surface area contributed by atoms with Gasteiger partial charge in [0, 0.05) is 16.7 Å². The molecule has 0 saturated heterocycles. The molecule has 0 aromatic heterocycles. The minimum atomic E-state index is -1.90. The third-order valence-corrected chi connectivity index (χ3v) is 7.70. The van der Waals surface area contributed by atoms with Crippen molar-refractivity contribution in [2.45, 2.75) is 78.6 Å². The van der Waals surface area contributed by atoms with Gasteiger partial charge in [-0.3, -0.25) is 0 Å². The van der Waals surface area contributed by atoms with E-state index < -0.39 is 8.60 Å². The Bertz CT molecular complexity index is 1210. The van der Waals surface area contributed by atoms with Crippen molar-refractivity contribution in [1.82, 2.24) is 0 Å². The molecular weight excluding hydrogens is 511 g/mol. The van der Waals surface area contributed by atoms with Crippen molar-refractivity contribution in [3.63, 3.8) is 0 Å². The summed E-state index contributed by atoms with van der Waals surface area (Å²) in [5, 5.41) is 0. The minimum Gasteiger partial charge on any atom is -0.408 e. The second kappa shape index (κ2) is 12.1. The maximum atomic E-state index is 6.67. The van der Waals surface area contributed by atoms with Gasteiger partial charge in [-0.25, -0.2) is 0 Å². The Morgan fingerprint density at radius 3 is 0.925 bits per heavy atom. The number of rotatable bonds is 9. The van der Waals surface area contributed by atoms with Crippen molar-refractivity contribution in [3.8, 4) is 17.2 Å². The van der Waals surface area contributed by atoms with Gasteiger partial charge < -0.3 is 13.6 Å². The van der Waals surface area contributed by atoms with Gasteiger partial charge in [0.1, 0.15) is 17.2 Å². The van der Waals surface area contributed by atoms with Crippen LogP contribution in [0.5, 0.6) is 17.2 Å². The first-order chi connectivity index (χ1) is 18.6. The fourth-order valence-electron chi connectivity index (χ4n) is 4.32. The molecule has 0 aliphatic rings. The van der Waals surface area contributed by atoms with Crippen molar-refractivity contribution in [3.05, 3.63) is 108 Å². The molecule has 3 aromatic rings. The van der Waals surface area contributed by atoms with E-state index in [1.54, 1.807) is 0 Å². The standard InChI is InChI=1S/C36H45O3P/c1-13-25-16-19-31(28(22-25)34(4,5)6)37-40(38-32-20-17-26(14-2)23-29(32)35(7,8)9)39-33-21-18-27(15-3)24-30(33)36(10,11)12/h13-24H,1-3H2,4-12H3. The minimum absolute atomic E-state index is 0.167. The highest BCUT2D eigenvalue weighted by Crippen LogP contribution is 2.49. The largest absolute Gasteiger partial charge is 0.530 e. The molecule has 0 spiro atoms. The highest BCUT2D eigenvalue weighted by atomic mass is 31.2. The van der Waals surface area contributed by atoms with Gasteiger partial charge in [0.05, 0.1) is 0 Å². The van der Waals surface area contributed by atoms with Crippen LogP contribution < -0.4 is 13.6 Å². The van der Waals surface area contributed by atoms with Crippen molar-refractivity contribution in [2.75, 3.05) is 0 Å². The van der Waals surface area contributed by atoms with Gasteiger partial charge >= 0.3 is 8.60 Å². The Morgan fingerprint density at radius 1 is 0.475 bits per heavy atom. The molecule has 0 N–H and O–H groups in total. The molecular formula is C36H45O3P. The highest BCUT2D eigenvalue weighted by Gasteiger charge is 2.30. The lowest BCUT2D eigenvalue weighted by Crippen LogP contribution is -2.17. The third kappa shape index (κ3) is 7.67. The summed E-state index contributed by atoms with van der Waals surface area (Å²) in [6.45, 7) is 31.4. The number of hydrogen-bond acceptors (Lipinski definition) is 3. The summed E-state index contributed by atoms with van der Waals surface area (Å²) in [7, 11) is -1.90. The molecule has 212 valence electrons. The predicted octanol–water partition coefficient (Wildman–Crippen LogP) is 11.3. The Morgan fingerprint density at radius 2 is 0.725 bits per heavy atom. The van der Waals surface area contributed by atoms with Crippen molar-refractivity contribution < 1.29 is 13.6 Å². The van der Waals surface area contributed by atoms with E-state index in [1.165, 1.54) is 0 Å². The lowest BCUT2D eigenvalue weighted by atomic mass is 9.85. The maximum Gasteiger partial charge on any atom is 0.530 e. The van der Waals surface area contributed by atoms with Crippen LogP contribution in [0.2, 0.25) is 0 Å². The van der Waals surface area contributed by atoms with Gasteiger partial charge in [0.25, 0.3) is 0 Å². The Balaban J connectivity index is 2.16. The topological polar surface area (TPSA) is 27.7 Å². The molecule has 40 heavy (non-hydrogen) atoms. The lowest BCUT2D eigenvalue weighted by Gasteiger charge is -2.29. The molecule has 0 bridgehead atoms. The molecule has 0 radical (unpaired) electrons. The molecule has 0 amide bonds. The van der Waals surface area contributed by atoms with Crippen LogP contribution in [0, 0.1) is 0 Å². The molecule has 3 nitrogen and oxygen atoms in total. The zero-order chi connectivity index (χ0) is 29.9. The van der Waals surface area contributed by atoms with E-state index in [-0.39, 0.29) is 16.2 Å². The van der Waals surface area contributed by atoms with Crippen molar-refractivity contribution in [2.24, 2.45) is 0 Å². The summed E-state index contributed by atoms with van der Waals surface area (Å²) in [6.07, 6.45) is 5.55. The fourth-order valence-corrected chi connectivity index (χ4v) is 5.39. The van der Waals surface area contributed by atoms with Gasteiger partial charge in [-0.05, 0) is 69.3 Å². The maximum absolute atomic E-state index is 6.67. The monoisotopic (exact) mass is 556 g/mol. The quantitative estimate of drug-likeness (QED) is 0.245. The van der Waals surface area contributed by atoms with Gasteiger partial charge in [-0.1, -0.05) is 118 Å². The third-order valence-electron chi connectivity index (χ3n) is 6.66. The Labute approximate surface area is 243 Å². The average molecular weight is 557 g/mol. The van der Waals surface area contributed by atoms with E-state index in [9.17, 15) is 0 Å². The first-order valence-corrected chi connectivity index (χ1v) is 14.8. The van der Waals surface area contributed by atoms with E-state index in [0.717, 1.165) is 50.6 Å². The molecule has 3 rings (SSSR count). The van der Waals surface area contributed by atoms with Crippen LogP contribution in [0.25, 0.3) is 18.2 Å². The van der Waals surface area contributed by atoms with E-state index >= 15 is 0 Å². The number of benzene rings is 3. The Hall–Kier alpha value is -3.29. The molecule has 3 aromatic carbocycles. The summed E-state index contributed by atoms with van der Waals surface area (Å²) in [5.74, 6) is 2.18. The van der Waals surface area contributed by atoms with Crippen LogP contribution in [0.15, 0.2) is 74.3 Å². The molecule has 0 fully saturated rings. The summed E-state index contributed by atoms with van der Waals surface area (Å²) in [5.41, 5.74) is 5.77. The molecule has 0 heterocycles. The summed E-state index contributed by atoms with van der Waals surface area (Å²) < 4.78 is 20.0. The lowest BCUT2D eigenvalue weighted by molar-refractivity contribution is 0.372. The normalized spacial score (nSPS) is 12.2. The SMILES string of the molecule is C=Cc1ccc(OP(Oc2ccc(C=C)cc2C(C)(C)C)Oc2ccc(C=C)cc2C(C)(C)C)c(C(C)(C)C)c1. The smallest absolute Gasteiger partial charge is 0.408 e. The summed E-state index contributed by atoms with van der Waals surface area (Å²) in [6, 6.07) is 18.3. The predicted molar refractivity (Wildman–Crippen MR) is 175 cm³/mol. The van der Waals surface area contributed by atoms with Gasteiger partial charge in [-0.15, -0.1) is 0 Å². The zero-order valence-electron chi connectivity index (χ0n) is 25.7. The number of hydrogen-bond donors (Lipinski definition) is 0. The van der Waals surface area contributed by atoms with Gasteiger partial charge in [-0.2, -0.15) is 0 Å². The second-order valence-electron chi connectivity index (χ2n) is 13.1.